The van der Waals surface area contributed by atoms with Crippen LogP contribution >= 0.6 is 73.9 Å². The fourth-order valence-corrected chi connectivity index (χ4v) is 10.2. The third-order valence-corrected chi connectivity index (χ3v) is 15.8. The molecule has 12 nitrogen and oxygen atoms in total. The largest absolute Gasteiger partial charge is 0.419 e. The molecule has 6 aromatic carbocycles. The number of hydrogen-bond donors (Lipinski definition) is 3. The summed E-state index contributed by atoms with van der Waals surface area (Å²) < 4.78 is 58.9. The Morgan fingerprint density at radius 1 is 0.512 bits per heavy atom. The average molecular weight is 1310 g/mol. The topological polar surface area (TPSA) is 141 Å². The first-order chi connectivity index (χ1) is 40.0. The summed E-state index contributed by atoms with van der Waals surface area (Å²) in [4.78, 5) is 38.5. The molecule has 438 valence electrons. The van der Waals surface area contributed by atoms with E-state index in [2.05, 4.69) is 47.2 Å². The molecule has 0 aliphatic heterocycles. The van der Waals surface area contributed by atoms with Crippen LogP contribution in [0.15, 0.2) is 157 Å². The summed E-state index contributed by atoms with van der Waals surface area (Å²) in [7, 11) is 0. The second kappa shape index (κ2) is 29.2. The highest BCUT2D eigenvalue weighted by molar-refractivity contribution is 9.10. The maximum atomic E-state index is 13.7. The van der Waals surface area contributed by atoms with Gasteiger partial charge in [0.2, 0.25) is 0 Å². The van der Waals surface area contributed by atoms with E-state index in [1.807, 2.05) is 101 Å². The summed E-state index contributed by atoms with van der Waals surface area (Å²) in [6.07, 6.45) is 2.29. The Balaban J connectivity index is 0.000000182. The van der Waals surface area contributed by atoms with Crippen molar-refractivity contribution in [1.82, 2.24) is 45.3 Å². The molecule has 0 aliphatic rings. The molecule has 22 heteroatoms. The zero-order valence-corrected chi connectivity index (χ0v) is 51.5. The van der Waals surface area contributed by atoms with Crippen molar-refractivity contribution in [2.45, 2.75) is 91.5 Å². The van der Waals surface area contributed by atoms with Gasteiger partial charge in [-0.25, -0.2) is 18.4 Å². The highest BCUT2D eigenvalue weighted by Crippen LogP contribution is 2.35. The lowest BCUT2D eigenvalue weighted by Gasteiger charge is -2.20. The van der Waals surface area contributed by atoms with Crippen LogP contribution in [0, 0.1) is 26.6 Å². The smallest absolute Gasteiger partial charge is 0.345 e. The summed E-state index contributed by atoms with van der Waals surface area (Å²) in [6.45, 7) is 11.3. The summed E-state index contributed by atoms with van der Waals surface area (Å²) in [5.41, 5.74) is 6.55. The van der Waals surface area contributed by atoms with Crippen LogP contribution < -0.4 is 16.0 Å². The van der Waals surface area contributed by atoms with Crippen LogP contribution in [0.25, 0.3) is 17.1 Å². The van der Waals surface area contributed by atoms with Gasteiger partial charge in [0.1, 0.15) is 5.82 Å². The molecule has 0 aliphatic carbocycles. The number of aromatic nitrogens is 6. The van der Waals surface area contributed by atoms with Crippen molar-refractivity contribution in [2.24, 2.45) is 0 Å². The Kier molecular flexibility index (Phi) is 22.4. The number of nitrogens with one attached hydrogen (secondary N) is 3. The first kappa shape index (κ1) is 64.6. The van der Waals surface area contributed by atoms with Crippen LogP contribution in [0.4, 0.5) is 17.6 Å². The molecule has 0 spiro atoms. The van der Waals surface area contributed by atoms with Gasteiger partial charge in [-0.1, -0.05) is 150 Å². The predicted molar refractivity (Wildman–Crippen MR) is 328 cm³/mol. The Morgan fingerprint density at radius 2 is 0.940 bits per heavy atom. The van der Waals surface area contributed by atoms with Crippen LogP contribution in [0.5, 0.6) is 0 Å². The first-order valence-corrected chi connectivity index (χ1v) is 29.1. The summed E-state index contributed by atoms with van der Waals surface area (Å²) in [5.74, 6) is -2.14. The summed E-state index contributed by atoms with van der Waals surface area (Å²) >= 11 is 33.5. The Bertz CT molecular complexity index is 3760. The van der Waals surface area contributed by atoms with Crippen LogP contribution in [-0.4, -0.2) is 47.1 Å². The molecule has 0 radical (unpaired) electrons. The Hall–Kier alpha value is -6.99. The van der Waals surface area contributed by atoms with Crippen molar-refractivity contribution in [3.63, 3.8) is 0 Å². The lowest BCUT2D eigenvalue weighted by atomic mass is 9.99. The van der Waals surface area contributed by atoms with Gasteiger partial charge in [-0.05, 0) is 142 Å². The van der Waals surface area contributed by atoms with E-state index < -0.39 is 29.5 Å². The molecule has 3 aromatic heterocycles. The van der Waals surface area contributed by atoms with Gasteiger partial charge in [-0.2, -0.15) is 28.5 Å². The molecule has 9 aromatic rings. The highest BCUT2D eigenvalue weighted by atomic mass is 79.9. The van der Waals surface area contributed by atoms with Gasteiger partial charge in [0.15, 0.2) is 0 Å². The number of halogens is 10. The van der Waals surface area contributed by atoms with E-state index >= 15 is 0 Å². The van der Waals surface area contributed by atoms with E-state index in [1.165, 1.54) is 12.3 Å². The molecule has 9 rings (SSSR count). The van der Waals surface area contributed by atoms with E-state index in [1.54, 1.807) is 81.9 Å². The second-order valence-corrected chi connectivity index (χ2v) is 22.2. The maximum absolute atomic E-state index is 13.7. The predicted octanol–water partition coefficient (Wildman–Crippen LogP) is 17.8. The molecule has 84 heavy (non-hydrogen) atoms. The van der Waals surface area contributed by atoms with E-state index in [9.17, 15) is 31.9 Å². The number of amides is 3. The fraction of sp³-hybridized carbons (Fsp3) is 0.226. The van der Waals surface area contributed by atoms with Crippen LogP contribution in [0.3, 0.4) is 0 Å². The van der Waals surface area contributed by atoms with E-state index in [4.69, 9.17) is 58.0 Å². The third kappa shape index (κ3) is 16.0. The van der Waals surface area contributed by atoms with Crippen molar-refractivity contribution in [3.8, 4) is 17.1 Å². The molecular weight excluding hydrogens is 1250 g/mol. The molecule has 0 bridgehead atoms. The minimum absolute atomic E-state index is 0.0450. The minimum atomic E-state index is -4.82. The normalized spacial score (nSPS) is 12.2. The standard InChI is InChI=1S/C22H20ClF4N3O.C20H18BrCl2N3O.C20H19Cl2N3O/c1-3-4-20(14-5-10-19(24)18(11-14)22(25,26)27)29-21(31)17-12-28-30(13(17)2)16-8-6-15(23)7-9-16;1-3-19(13-5-4-6-14(21)9-13)25-20(27)16-11-24-26(12(16)2)15-7-8-17(22)18(23)10-15;1-3-19(14-7-5-4-6-8-14)24-20(26)16-12-23-25(13(16)2)15-9-10-17(21)18(22)11-15/h5-12,20H,3-4H2,1-2H3,(H,29,31);4-11,19H,3H2,1-2H3,(H,25,27);4-12,19H,3H2,1-2H3,(H,24,26)/t20-;19-;/m00./s1. The number of carbonyl (C=O) groups excluding carboxylic acids is 3. The van der Waals surface area contributed by atoms with Gasteiger partial charge < -0.3 is 16.0 Å². The Labute approximate surface area is 517 Å². The zero-order valence-electron chi connectivity index (χ0n) is 46.2. The number of hydrogen-bond acceptors (Lipinski definition) is 6. The van der Waals surface area contributed by atoms with Gasteiger partial charge in [0.25, 0.3) is 17.7 Å². The third-order valence-electron chi connectivity index (χ3n) is 13.6. The quantitative estimate of drug-likeness (QED) is 0.0823. The molecule has 3 amide bonds. The van der Waals surface area contributed by atoms with Crippen molar-refractivity contribution >= 4 is 91.7 Å². The lowest BCUT2D eigenvalue weighted by molar-refractivity contribution is -0.140. The monoisotopic (exact) mass is 1310 g/mol. The van der Waals surface area contributed by atoms with Crippen molar-refractivity contribution in [1.29, 1.82) is 0 Å². The summed E-state index contributed by atoms with van der Waals surface area (Å²) in [5, 5.41) is 24.3. The SMILES string of the molecule is CCC(NC(=O)c1cnn(-c2ccc(Cl)c(Cl)c2)c1C)c1ccccc1.CCC[C@H](NC(=O)c1cnn(-c2ccc(Cl)cc2)c1C)c1ccc(F)c(C(F)(F)F)c1.CC[C@H](NC(=O)c1cnn(-c2ccc(Cl)c(Cl)c2)c1C)c1cccc(Br)c1. The van der Waals surface area contributed by atoms with Crippen molar-refractivity contribution in [2.75, 3.05) is 0 Å². The van der Waals surface area contributed by atoms with Crippen molar-refractivity contribution < 1.29 is 31.9 Å². The molecule has 0 saturated heterocycles. The van der Waals surface area contributed by atoms with Gasteiger partial charge in [-0.15, -0.1) is 0 Å². The summed E-state index contributed by atoms with van der Waals surface area (Å²) in [6, 6.07) is 37.2. The molecule has 3 N–H and O–H groups in total. The van der Waals surface area contributed by atoms with Gasteiger partial charge >= 0.3 is 6.18 Å². The second-order valence-electron chi connectivity index (χ2n) is 19.2. The van der Waals surface area contributed by atoms with Gasteiger partial charge in [0, 0.05) is 9.50 Å². The first-order valence-electron chi connectivity index (χ1n) is 26.4. The lowest BCUT2D eigenvalue weighted by Crippen LogP contribution is -2.29. The highest BCUT2D eigenvalue weighted by Gasteiger charge is 2.35. The molecular formula is C62H57BrCl5F4N9O3. The molecule has 1 unspecified atom stereocenters. The van der Waals surface area contributed by atoms with E-state index in [-0.39, 0.29) is 35.0 Å². The fourth-order valence-electron chi connectivity index (χ4n) is 9.04. The van der Waals surface area contributed by atoms with Crippen molar-refractivity contribution in [3.05, 3.63) is 243 Å². The van der Waals surface area contributed by atoms with E-state index in [0.29, 0.717) is 60.5 Å². The van der Waals surface area contributed by atoms with E-state index in [0.717, 1.165) is 63.3 Å². The minimum Gasteiger partial charge on any atom is -0.345 e. The molecule has 0 fully saturated rings. The number of nitrogens with zero attached hydrogens (tertiary/aromatic N) is 6. The average Bonchev–Trinajstić information content (AvgIpc) is 4.01. The van der Waals surface area contributed by atoms with Crippen LogP contribution in [0.1, 0.15) is 135 Å². The maximum Gasteiger partial charge on any atom is 0.419 e. The number of rotatable bonds is 16. The molecule has 3 atom stereocenters. The molecule has 0 saturated carbocycles. The van der Waals surface area contributed by atoms with Gasteiger partial charge in [-0.3, -0.25) is 14.4 Å². The number of benzene rings is 6. The zero-order chi connectivity index (χ0) is 61.0. The Morgan fingerprint density at radius 3 is 1.38 bits per heavy atom. The van der Waals surface area contributed by atoms with Crippen LogP contribution in [0.2, 0.25) is 25.1 Å². The number of alkyl halides is 3. The molecule has 3 heterocycles. The van der Waals surface area contributed by atoms with Crippen LogP contribution in [-0.2, 0) is 6.18 Å². The number of carbonyl (C=O) groups is 3. The van der Waals surface area contributed by atoms with Gasteiger partial charge in [0.05, 0.1) is 113 Å².